The van der Waals surface area contributed by atoms with Crippen LogP contribution in [0.15, 0.2) is 59.6 Å². The minimum atomic E-state index is -5.63. The molecule has 0 saturated heterocycles. The number of anilines is 1. The van der Waals surface area contributed by atoms with E-state index >= 15 is 4.39 Å². The number of amides is 2. The zero-order valence-corrected chi connectivity index (χ0v) is 25.6. The number of rotatable bonds is 9. The van der Waals surface area contributed by atoms with Gasteiger partial charge in [0.25, 0.3) is 15.7 Å². The SMILES string of the molecule is COc1cc(F)c(-c2ccc(C3CC3C(=O)O)nc2)cc1C(=O)NC1C2CCC(C2)C1C(=O)Nc1cccc(S(=O)(=O)C(F)(F)F)c1. The molecule has 15 heteroatoms. The van der Waals surface area contributed by atoms with Gasteiger partial charge < -0.3 is 20.5 Å². The highest BCUT2D eigenvalue weighted by Gasteiger charge is 2.52. The predicted molar refractivity (Wildman–Crippen MR) is 159 cm³/mol. The summed E-state index contributed by atoms with van der Waals surface area (Å²) < 4.78 is 83.5. The molecule has 10 nitrogen and oxygen atoms in total. The number of carbonyl (C=O) groups is 3. The average Bonchev–Trinajstić information content (AvgIpc) is 3.59. The van der Waals surface area contributed by atoms with Crippen molar-refractivity contribution in [1.82, 2.24) is 10.3 Å². The van der Waals surface area contributed by atoms with E-state index in [9.17, 15) is 41.1 Å². The fourth-order valence-electron chi connectivity index (χ4n) is 6.91. The van der Waals surface area contributed by atoms with E-state index in [4.69, 9.17) is 4.74 Å². The quantitative estimate of drug-likeness (QED) is 0.263. The lowest BCUT2D eigenvalue weighted by molar-refractivity contribution is -0.138. The molecule has 2 amide bonds. The Morgan fingerprint density at radius 2 is 1.77 bits per heavy atom. The van der Waals surface area contributed by atoms with Gasteiger partial charge in [-0.1, -0.05) is 12.1 Å². The Morgan fingerprint density at radius 1 is 1.02 bits per heavy atom. The smallest absolute Gasteiger partial charge is 0.496 e. The van der Waals surface area contributed by atoms with Crippen molar-refractivity contribution in [1.29, 1.82) is 0 Å². The number of nitrogens with zero attached hydrogens (tertiary/aromatic N) is 1. The molecule has 47 heavy (non-hydrogen) atoms. The van der Waals surface area contributed by atoms with Crippen molar-refractivity contribution in [2.75, 3.05) is 12.4 Å². The summed E-state index contributed by atoms with van der Waals surface area (Å²) in [5, 5.41) is 14.6. The summed E-state index contributed by atoms with van der Waals surface area (Å²) in [7, 11) is -4.36. The lowest BCUT2D eigenvalue weighted by atomic mass is 9.83. The maximum Gasteiger partial charge on any atom is 0.501 e. The Bertz CT molecular complexity index is 1870. The zero-order valence-electron chi connectivity index (χ0n) is 24.8. The lowest BCUT2D eigenvalue weighted by Crippen LogP contribution is -2.48. The third kappa shape index (κ3) is 6.03. The molecule has 0 radical (unpaired) electrons. The first-order chi connectivity index (χ1) is 22.2. The van der Waals surface area contributed by atoms with E-state index in [0.29, 0.717) is 30.5 Å². The number of carboxylic acid groups (broad SMARTS) is 1. The highest BCUT2D eigenvalue weighted by Crippen LogP contribution is 2.49. The summed E-state index contributed by atoms with van der Waals surface area (Å²) in [6.07, 6.45) is 3.92. The van der Waals surface area contributed by atoms with Crippen LogP contribution in [0.5, 0.6) is 5.75 Å². The number of carboxylic acids is 1. The summed E-state index contributed by atoms with van der Waals surface area (Å²) in [6, 6.07) is 8.82. The number of hydrogen-bond donors (Lipinski definition) is 3. The molecule has 248 valence electrons. The summed E-state index contributed by atoms with van der Waals surface area (Å²) in [6.45, 7) is 0. The van der Waals surface area contributed by atoms with Crippen LogP contribution >= 0.6 is 0 Å². The number of methoxy groups -OCH3 is 1. The Labute approximate surface area is 266 Å². The van der Waals surface area contributed by atoms with Crippen LogP contribution in [0.1, 0.15) is 47.7 Å². The van der Waals surface area contributed by atoms with Crippen molar-refractivity contribution in [3.05, 3.63) is 71.8 Å². The normalized spacial score (nSPS) is 24.9. The Hall–Kier alpha value is -4.53. The van der Waals surface area contributed by atoms with Crippen molar-refractivity contribution < 1.29 is 50.2 Å². The summed E-state index contributed by atoms with van der Waals surface area (Å²) in [5.74, 6) is -4.55. The number of alkyl halides is 3. The monoisotopic (exact) mass is 675 g/mol. The van der Waals surface area contributed by atoms with Crippen LogP contribution in [0.2, 0.25) is 0 Å². The second-order valence-electron chi connectivity index (χ2n) is 12.1. The van der Waals surface area contributed by atoms with Crippen LogP contribution in [0, 0.1) is 29.5 Å². The number of sulfone groups is 1. The van der Waals surface area contributed by atoms with Crippen molar-refractivity contribution in [2.45, 2.75) is 48.0 Å². The van der Waals surface area contributed by atoms with Crippen molar-refractivity contribution >= 4 is 33.3 Å². The second-order valence-corrected chi connectivity index (χ2v) is 14.1. The number of aliphatic carboxylic acids is 1. The molecule has 2 bridgehead atoms. The minimum Gasteiger partial charge on any atom is -0.496 e. The summed E-state index contributed by atoms with van der Waals surface area (Å²) >= 11 is 0. The van der Waals surface area contributed by atoms with Crippen LogP contribution in [-0.2, 0) is 19.4 Å². The number of hydrogen-bond acceptors (Lipinski definition) is 7. The Morgan fingerprint density at radius 3 is 2.40 bits per heavy atom. The lowest BCUT2D eigenvalue weighted by Gasteiger charge is -2.31. The molecule has 3 saturated carbocycles. The maximum absolute atomic E-state index is 15.2. The van der Waals surface area contributed by atoms with Gasteiger partial charge in [-0.2, -0.15) is 13.2 Å². The van der Waals surface area contributed by atoms with E-state index < -0.39 is 61.7 Å². The molecule has 2 aromatic carbocycles. The number of nitrogens with one attached hydrogen (secondary N) is 2. The number of aromatic nitrogens is 1. The molecule has 1 heterocycles. The van der Waals surface area contributed by atoms with Crippen LogP contribution in [0.4, 0.5) is 23.2 Å². The van der Waals surface area contributed by atoms with Gasteiger partial charge in [0, 0.05) is 46.7 Å². The largest absolute Gasteiger partial charge is 0.501 e. The highest BCUT2D eigenvalue weighted by atomic mass is 32.2. The van der Waals surface area contributed by atoms with E-state index in [1.165, 1.54) is 25.4 Å². The van der Waals surface area contributed by atoms with E-state index in [0.717, 1.165) is 30.7 Å². The molecule has 0 aliphatic heterocycles. The van der Waals surface area contributed by atoms with Crippen molar-refractivity contribution in [3.8, 4) is 16.9 Å². The first kappa shape index (κ1) is 32.4. The highest BCUT2D eigenvalue weighted by molar-refractivity contribution is 7.92. The van der Waals surface area contributed by atoms with E-state index in [-0.39, 0.29) is 40.3 Å². The third-order valence-electron chi connectivity index (χ3n) is 9.35. The molecule has 6 atom stereocenters. The van der Waals surface area contributed by atoms with Gasteiger partial charge in [-0.05, 0) is 67.9 Å². The van der Waals surface area contributed by atoms with Crippen molar-refractivity contribution in [3.63, 3.8) is 0 Å². The molecule has 3 aliphatic rings. The fraction of sp³-hybridized carbons (Fsp3) is 0.375. The molecule has 6 unspecified atom stereocenters. The number of pyridine rings is 1. The van der Waals surface area contributed by atoms with Gasteiger partial charge >= 0.3 is 11.5 Å². The number of carbonyl (C=O) groups excluding carboxylic acids is 2. The number of benzene rings is 2. The van der Waals surface area contributed by atoms with Gasteiger partial charge in [0.2, 0.25) is 5.91 Å². The molecule has 1 aromatic heterocycles. The van der Waals surface area contributed by atoms with Gasteiger partial charge in [-0.15, -0.1) is 0 Å². The first-order valence-corrected chi connectivity index (χ1v) is 16.3. The van der Waals surface area contributed by atoms with Gasteiger partial charge in [-0.3, -0.25) is 19.4 Å². The third-order valence-corrected chi connectivity index (χ3v) is 10.8. The van der Waals surface area contributed by atoms with Crippen LogP contribution in [0.3, 0.4) is 0 Å². The second kappa shape index (κ2) is 11.9. The van der Waals surface area contributed by atoms with Gasteiger partial charge in [0.1, 0.15) is 11.6 Å². The molecule has 3 aliphatic carbocycles. The number of fused-ring (bicyclic) bond motifs is 2. The van der Waals surface area contributed by atoms with Crippen molar-refractivity contribution in [2.24, 2.45) is 23.7 Å². The summed E-state index contributed by atoms with van der Waals surface area (Å²) in [5.41, 5.74) is -4.69. The minimum absolute atomic E-state index is 0.00639. The van der Waals surface area contributed by atoms with E-state index in [2.05, 4.69) is 15.6 Å². The Kier molecular flexibility index (Phi) is 8.22. The predicted octanol–water partition coefficient (Wildman–Crippen LogP) is 5.16. The van der Waals surface area contributed by atoms with Gasteiger partial charge in [0.05, 0.1) is 29.4 Å². The van der Waals surface area contributed by atoms with E-state index in [1.807, 2.05) is 0 Å². The molecule has 3 aromatic rings. The standard InChI is InChI=1S/C32H29F4N3O7S/c1-46-26-13-24(33)20(17-7-8-25(37-14-17)21-12-22(21)31(42)43)11-23(26)29(40)39-28-16-6-5-15(9-16)27(28)30(41)38-18-3-2-4-19(10-18)47(44,45)32(34,35)36/h2-4,7-8,10-11,13-16,21-22,27-28H,5-6,9,12H2,1H3,(H,38,41)(H,39,40)(H,42,43). The first-order valence-electron chi connectivity index (χ1n) is 14.8. The van der Waals surface area contributed by atoms with Crippen LogP contribution in [0.25, 0.3) is 11.1 Å². The van der Waals surface area contributed by atoms with Crippen LogP contribution in [-0.4, -0.2) is 55.0 Å². The number of ether oxygens (including phenoxy) is 1. The molecular formula is C32H29F4N3O7S. The Balaban J connectivity index is 1.22. The molecular weight excluding hydrogens is 646 g/mol. The molecule has 6 rings (SSSR count). The topological polar surface area (TPSA) is 152 Å². The molecule has 0 spiro atoms. The maximum atomic E-state index is 15.2. The molecule has 3 fully saturated rings. The van der Waals surface area contributed by atoms with Gasteiger partial charge in [0.15, 0.2) is 0 Å². The van der Waals surface area contributed by atoms with E-state index in [1.54, 1.807) is 12.1 Å². The molecule has 3 N–H and O–H groups in total. The van der Waals surface area contributed by atoms with Gasteiger partial charge in [-0.25, -0.2) is 12.8 Å². The average molecular weight is 676 g/mol. The number of halogens is 4. The fourth-order valence-corrected chi connectivity index (χ4v) is 7.71. The van der Waals surface area contributed by atoms with Crippen LogP contribution < -0.4 is 15.4 Å². The summed E-state index contributed by atoms with van der Waals surface area (Å²) in [4.78, 5) is 41.7. The zero-order chi connectivity index (χ0) is 33.8.